The van der Waals surface area contributed by atoms with Crippen molar-refractivity contribution in [2.45, 2.75) is 118 Å². The Morgan fingerprint density at radius 2 is 1.17 bits per heavy atom. The highest BCUT2D eigenvalue weighted by Gasteiger charge is 2.53. The van der Waals surface area contributed by atoms with E-state index in [0.717, 1.165) is 22.2 Å². The van der Waals surface area contributed by atoms with Gasteiger partial charge >= 0.3 is 15.2 Å². The minimum Gasteiger partial charge on any atom is -0.305 e. The number of aromatic nitrogens is 1. The van der Waals surface area contributed by atoms with Gasteiger partial charge in [-0.05, 0) is 79.5 Å². The highest BCUT2D eigenvalue weighted by atomic mass is 31.2. The molecule has 1 aromatic carbocycles. The summed E-state index contributed by atoms with van der Waals surface area (Å²) in [5.74, 6) is 0. The molecule has 9 heteroatoms. The van der Waals surface area contributed by atoms with Gasteiger partial charge in [-0.25, -0.2) is 0 Å². The largest absolute Gasteiger partial charge is 0.346 e. The molecule has 7 nitrogen and oxygen atoms in total. The summed E-state index contributed by atoms with van der Waals surface area (Å²) in [5.41, 5.74) is 2.31. The summed E-state index contributed by atoms with van der Waals surface area (Å²) >= 11 is 0. The summed E-state index contributed by atoms with van der Waals surface area (Å²) in [5, 5.41) is -0.282. The van der Waals surface area contributed by atoms with E-state index in [1.807, 2.05) is 30.3 Å². The maximum absolute atomic E-state index is 14.6. The van der Waals surface area contributed by atoms with Gasteiger partial charge in [-0.1, -0.05) is 39.0 Å². The van der Waals surface area contributed by atoms with Crippen LogP contribution in [0.3, 0.4) is 0 Å². The Morgan fingerprint density at radius 1 is 0.750 bits per heavy atom. The number of para-hydroxylation sites is 1. The monoisotopic (exact) mass is 541 g/mol. The molecule has 1 heterocycles. The zero-order chi connectivity index (χ0) is 27.5. The van der Waals surface area contributed by atoms with E-state index in [9.17, 15) is 9.13 Å². The predicted molar refractivity (Wildman–Crippen MR) is 148 cm³/mol. The first kappa shape index (κ1) is 31.1. The van der Waals surface area contributed by atoms with Gasteiger partial charge in [0.05, 0.1) is 29.9 Å². The molecule has 2 aromatic rings. The summed E-state index contributed by atoms with van der Waals surface area (Å²) in [6, 6.07) is 9.79. The molecule has 0 saturated carbocycles. The van der Waals surface area contributed by atoms with Gasteiger partial charge in [-0.2, -0.15) is 0 Å². The van der Waals surface area contributed by atoms with Gasteiger partial charge in [0, 0.05) is 16.5 Å². The van der Waals surface area contributed by atoms with Crippen molar-refractivity contribution >= 4 is 26.1 Å². The van der Waals surface area contributed by atoms with Gasteiger partial charge in [0.2, 0.25) is 0 Å². The van der Waals surface area contributed by atoms with E-state index in [1.54, 1.807) is 55.4 Å². The average molecular weight is 542 g/mol. The number of pyridine rings is 1. The number of hydrogen-bond donors (Lipinski definition) is 0. The lowest BCUT2D eigenvalue weighted by molar-refractivity contribution is 0.122. The number of fused-ring (bicyclic) bond motifs is 1. The van der Waals surface area contributed by atoms with Crippen LogP contribution in [0, 0.1) is 0 Å². The van der Waals surface area contributed by atoms with E-state index in [2.05, 4.69) is 20.8 Å². The van der Waals surface area contributed by atoms with Crippen LogP contribution in [-0.2, 0) is 39.1 Å². The van der Waals surface area contributed by atoms with Gasteiger partial charge in [0.25, 0.3) is 0 Å². The molecule has 0 spiro atoms. The van der Waals surface area contributed by atoms with Crippen LogP contribution < -0.4 is 0 Å². The Labute approximate surface area is 217 Å². The molecule has 36 heavy (non-hydrogen) atoms. The smallest absolute Gasteiger partial charge is 0.305 e. The van der Waals surface area contributed by atoms with E-state index in [4.69, 9.17) is 23.1 Å². The number of hydrogen-bond acceptors (Lipinski definition) is 7. The molecule has 0 bridgehead atoms. The average Bonchev–Trinajstić information content (AvgIpc) is 2.68. The molecule has 0 N–H and O–H groups in total. The molecule has 0 fully saturated rings. The minimum absolute atomic E-state index is 0.111. The second-order valence-electron chi connectivity index (χ2n) is 11.3. The minimum atomic E-state index is -4.01. The van der Waals surface area contributed by atoms with Crippen LogP contribution in [0.15, 0.2) is 30.3 Å². The normalized spacial score (nSPS) is 13.8. The second-order valence-corrected chi connectivity index (χ2v) is 16.0. The molecular formula is C27H45NO6P2. The lowest BCUT2D eigenvalue weighted by atomic mass is 9.89. The van der Waals surface area contributed by atoms with Crippen molar-refractivity contribution in [3.63, 3.8) is 0 Å². The molecule has 1 aromatic heterocycles. The molecule has 0 unspecified atom stereocenters. The fourth-order valence-electron chi connectivity index (χ4n) is 3.90. The number of rotatable bonds is 12. The molecule has 0 saturated heterocycles. The molecular weight excluding hydrogens is 496 g/mol. The zero-order valence-electron chi connectivity index (χ0n) is 23.8. The van der Waals surface area contributed by atoms with E-state index >= 15 is 0 Å². The third-order valence-corrected chi connectivity index (χ3v) is 11.5. The highest BCUT2D eigenvalue weighted by Crippen LogP contribution is 2.72. The Hall–Kier alpha value is -1.07. The third kappa shape index (κ3) is 8.21. The Kier molecular flexibility index (Phi) is 10.6. The third-order valence-electron chi connectivity index (χ3n) is 5.13. The predicted octanol–water partition coefficient (Wildman–Crippen LogP) is 8.49. The van der Waals surface area contributed by atoms with Crippen molar-refractivity contribution in [3.8, 4) is 0 Å². The summed E-state index contributed by atoms with van der Waals surface area (Å²) in [6.45, 7) is 20.5. The lowest BCUT2D eigenvalue weighted by Crippen LogP contribution is -2.25. The number of nitrogens with zero attached hydrogens (tertiary/aromatic N) is 1. The SMILES string of the molecule is CC(C)OP(=O)(OC(C)C)C(Cc1cc(C(C)(C)C)nc2ccccc12)P(=O)(OC(C)C)OC(C)C. The van der Waals surface area contributed by atoms with Gasteiger partial charge in [0.15, 0.2) is 5.40 Å². The van der Waals surface area contributed by atoms with Crippen molar-refractivity contribution in [2.24, 2.45) is 0 Å². The maximum atomic E-state index is 14.6. The standard InChI is InChI=1S/C27H45NO6P2/c1-18(2)31-35(29,32-19(3)4)26(36(30,33-20(5)6)34-21(7)8)17-22-16-25(27(9,10)11)28-24-15-13-12-14-23(22)24/h12-16,18-21,26H,17H2,1-11H3. The maximum Gasteiger partial charge on any atom is 0.346 e. The molecule has 0 amide bonds. The second kappa shape index (κ2) is 12.2. The Bertz CT molecular complexity index is 1040. The summed E-state index contributed by atoms with van der Waals surface area (Å²) in [7, 11) is -8.02. The summed E-state index contributed by atoms with van der Waals surface area (Å²) in [6.07, 6.45) is -1.60. The van der Waals surface area contributed by atoms with Crippen LogP contribution in [-0.4, -0.2) is 34.8 Å². The van der Waals surface area contributed by atoms with Crippen LogP contribution in [0.5, 0.6) is 0 Å². The van der Waals surface area contributed by atoms with Crippen LogP contribution in [0.1, 0.15) is 87.4 Å². The first-order chi connectivity index (χ1) is 16.5. The molecule has 0 aliphatic carbocycles. The van der Waals surface area contributed by atoms with E-state index in [-0.39, 0.29) is 11.8 Å². The van der Waals surface area contributed by atoms with Gasteiger partial charge < -0.3 is 18.1 Å². The van der Waals surface area contributed by atoms with Crippen molar-refractivity contribution in [2.75, 3.05) is 0 Å². The van der Waals surface area contributed by atoms with Crippen molar-refractivity contribution in [1.29, 1.82) is 0 Å². The molecule has 0 aliphatic rings. The fourth-order valence-corrected chi connectivity index (χ4v) is 9.79. The first-order valence-corrected chi connectivity index (χ1v) is 16.0. The summed E-state index contributed by atoms with van der Waals surface area (Å²) < 4.78 is 53.1. The van der Waals surface area contributed by atoms with Crippen LogP contribution in [0.4, 0.5) is 0 Å². The van der Waals surface area contributed by atoms with Gasteiger partial charge in [0.1, 0.15) is 0 Å². The van der Waals surface area contributed by atoms with Crippen LogP contribution >= 0.6 is 15.2 Å². The van der Waals surface area contributed by atoms with Crippen LogP contribution in [0.25, 0.3) is 10.9 Å². The molecule has 0 atom stereocenters. The Morgan fingerprint density at radius 3 is 1.56 bits per heavy atom. The van der Waals surface area contributed by atoms with Crippen molar-refractivity contribution in [3.05, 3.63) is 41.6 Å². The van der Waals surface area contributed by atoms with E-state index < -0.39 is 45.0 Å². The van der Waals surface area contributed by atoms with Gasteiger partial charge in [-0.15, -0.1) is 0 Å². The quantitative estimate of drug-likeness (QED) is 0.249. The molecule has 2 rings (SSSR count). The zero-order valence-corrected chi connectivity index (χ0v) is 25.6. The molecule has 0 radical (unpaired) electrons. The van der Waals surface area contributed by atoms with Crippen molar-refractivity contribution < 1.29 is 27.2 Å². The Balaban J connectivity index is 2.85. The molecule has 0 aliphatic heterocycles. The molecule has 204 valence electrons. The van der Waals surface area contributed by atoms with Crippen LogP contribution in [0.2, 0.25) is 0 Å². The van der Waals surface area contributed by atoms with Gasteiger partial charge in [-0.3, -0.25) is 14.1 Å². The van der Waals surface area contributed by atoms with E-state index in [1.165, 1.54) is 0 Å². The van der Waals surface area contributed by atoms with Crippen molar-refractivity contribution in [1.82, 2.24) is 4.98 Å². The number of benzene rings is 1. The summed E-state index contributed by atoms with van der Waals surface area (Å²) in [4.78, 5) is 4.87. The first-order valence-electron chi connectivity index (χ1n) is 12.8. The lowest BCUT2D eigenvalue weighted by Gasteiger charge is -2.35. The fraction of sp³-hybridized carbons (Fsp3) is 0.667. The highest BCUT2D eigenvalue weighted by molar-refractivity contribution is 7.72. The van der Waals surface area contributed by atoms with E-state index in [0.29, 0.717) is 0 Å². The topological polar surface area (TPSA) is 84.0 Å².